The number of carbonyl (C=O) groups is 1. The normalized spacial score (nSPS) is 15.2. The van der Waals surface area contributed by atoms with Gasteiger partial charge in [-0.1, -0.05) is 0 Å². The van der Waals surface area contributed by atoms with Crippen LogP contribution in [0.2, 0.25) is 0 Å². The Morgan fingerprint density at radius 3 is 2.44 bits per heavy atom. The Hall–Kier alpha value is -3.52. The first kappa shape index (κ1) is 21.7. The minimum absolute atomic E-state index is 0.00161. The van der Waals surface area contributed by atoms with E-state index in [-0.39, 0.29) is 45.9 Å². The summed E-state index contributed by atoms with van der Waals surface area (Å²) < 4.78 is 11.1. The van der Waals surface area contributed by atoms with Crippen molar-refractivity contribution in [3.63, 3.8) is 0 Å². The Kier molecular flexibility index (Phi) is 6.05. The molecule has 2 aromatic carbocycles. The molecule has 168 valence electrons. The van der Waals surface area contributed by atoms with Gasteiger partial charge in [-0.05, 0) is 57.1 Å². The van der Waals surface area contributed by atoms with Gasteiger partial charge < -0.3 is 24.5 Å². The van der Waals surface area contributed by atoms with Crippen molar-refractivity contribution < 1.29 is 29.3 Å². The van der Waals surface area contributed by atoms with Gasteiger partial charge in [0.2, 0.25) is 0 Å². The minimum atomic E-state index is -0.436. The number of nitrogens with zero attached hydrogens (tertiary/aromatic N) is 1. The quantitative estimate of drug-likeness (QED) is 0.518. The van der Waals surface area contributed by atoms with Crippen LogP contribution < -0.4 is 5.43 Å². The monoisotopic (exact) mass is 439 g/mol. The van der Waals surface area contributed by atoms with Crippen molar-refractivity contribution in [3.8, 4) is 28.6 Å². The number of likely N-dealkylation sites (tertiary alicyclic amines) is 1. The molecule has 0 atom stereocenters. The van der Waals surface area contributed by atoms with Gasteiger partial charge >= 0.3 is 5.97 Å². The van der Waals surface area contributed by atoms with Crippen molar-refractivity contribution in [1.82, 2.24) is 4.90 Å². The molecule has 3 N–H and O–H groups in total. The fraction of sp³-hybridized carbons (Fsp3) is 0.333. The average Bonchev–Trinajstić information content (AvgIpc) is 2.77. The highest BCUT2D eigenvalue weighted by Gasteiger charge is 2.27. The maximum Gasteiger partial charge on any atom is 0.309 e. The molecule has 0 bridgehead atoms. The van der Waals surface area contributed by atoms with Gasteiger partial charge in [0.1, 0.15) is 28.4 Å². The molecule has 1 aromatic heterocycles. The van der Waals surface area contributed by atoms with Crippen LogP contribution in [0, 0.1) is 5.92 Å². The molecule has 0 spiro atoms. The fourth-order valence-electron chi connectivity index (χ4n) is 4.08. The first-order valence-corrected chi connectivity index (χ1v) is 10.6. The topological polar surface area (TPSA) is 120 Å². The van der Waals surface area contributed by atoms with Crippen LogP contribution in [-0.2, 0) is 16.1 Å². The van der Waals surface area contributed by atoms with E-state index in [4.69, 9.17) is 9.15 Å². The number of aromatic hydroxyl groups is 3. The van der Waals surface area contributed by atoms with E-state index < -0.39 is 5.43 Å². The molecule has 0 aliphatic carbocycles. The summed E-state index contributed by atoms with van der Waals surface area (Å²) in [6.45, 7) is 3.67. The van der Waals surface area contributed by atoms with Gasteiger partial charge in [0.25, 0.3) is 0 Å². The van der Waals surface area contributed by atoms with Crippen LogP contribution in [0.3, 0.4) is 0 Å². The van der Waals surface area contributed by atoms with Crippen molar-refractivity contribution in [2.45, 2.75) is 26.3 Å². The third-order valence-corrected chi connectivity index (χ3v) is 5.80. The summed E-state index contributed by atoms with van der Waals surface area (Å²) in [5, 5.41) is 30.4. The predicted molar refractivity (Wildman–Crippen MR) is 118 cm³/mol. The Morgan fingerprint density at radius 2 is 1.78 bits per heavy atom. The number of fused-ring (bicyclic) bond motifs is 1. The molecule has 32 heavy (non-hydrogen) atoms. The fourth-order valence-corrected chi connectivity index (χ4v) is 4.08. The van der Waals surface area contributed by atoms with Crippen molar-refractivity contribution in [1.29, 1.82) is 0 Å². The second-order valence-electron chi connectivity index (χ2n) is 7.92. The van der Waals surface area contributed by atoms with Crippen LogP contribution in [0.5, 0.6) is 17.2 Å². The van der Waals surface area contributed by atoms with E-state index in [1.54, 1.807) is 19.1 Å². The minimum Gasteiger partial charge on any atom is -0.508 e. The average molecular weight is 439 g/mol. The highest BCUT2D eigenvalue weighted by molar-refractivity contribution is 5.89. The maximum absolute atomic E-state index is 12.8. The van der Waals surface area contributed by atoms with E-state index in [0.717, 1.165) is 6.07 Å². The van der Waals surface area contributed by atoms with E-state index in [1.165, 1.54) is 18.2 Å². The predicted octanol–water partition coefficient (Wildman–Crippen LogP) is 3.35. The number of esters is 1. The van der Waals surface area contributed by atoms with Gasteiger partial charge in [0, 0.05) is 24.2 Å². The molecule has 1 fully saturated rings. The number of ether oxygens (including phenoxy) is 1. The molecule has 2 heterocycles. The lowest BCUT2D eigenvalue weighted by Crippen LogP contribution is -2.36. The van der Waals surface area contributed by atoms with Crippen LogP contribution in [0.15, 0.2) is 45.6 Å². The summed E-state index contributed by atoms with van der Waals surface area (Å²) in [7, 11) is 0. The van der Waals surface area contributed by atoms with Crippen LogP contribution >= 0.6 is 0 Å². The molecule has 3 aromatic rings. The SMILES string of the molecule is CCOC(=O)C1CCN(Cc2c(O)cc(O)c3c(=O)cc(-c4ccc(O)cc4)oc23)CC1. The Balaban J connectivity index is 1.67. The van der Waals surface area contributed by atoms with E-state index in [1.807, 2.05) is 0 Å². The van der Waals surface area contributed by atoms with Crippen LogP contribution in [0.25, 0.3) is 22.3 Å². The first-order valence-electron chi connectivity index (χ1n) is 10.6. The zero-order valence-electron chi connectivity index (χ0n) is 17.7. The summed E-state index contributed by atoms with van der Waals surface area (Å²) >= 11 is 0. The zero-order valence-corrected chi connectivity index (χ0v) is 17.7. The molecule has 0 unspecified atom stereocenters. The molecule has 0 radical (unpaired) electrons. The number of piperidine rings is 1. The Bertz CT molecular complexity index is 1190. The Labute approximate surface area is 184 Å². The molecule has 0 amide bonds. The van der Waals surface area contributed by atoms with Crippen molar-refractivity contribution in [2.75, 3.05) is 19.7 Å². The second kappa shape index (κ2) is 8.92. The van der Waals surface area contributed by atoms with Crippen molar-refractivity contribution >= 4 is 16.9 Å². The van der Waals surface area contributed by atoms with Gasteiger partial charge in [-0.3, -0.25) is 14.5 Å². The summed E-state index contributed by atoms with van der Waals surface area (Å²) in [4.78, 5) is 26.8. The summed E-state index contributed by atoms with van der Waals surface area (Å²) in [5.74, 6) is -0.513. The highest BCUT2D eigenvalue weighted by Crippen LogP contribution is 2.36. The molecule has 0 saturated carbocycles. The van der Waals surface area contributed by atoms with Gasteiger partial charge in [-0.15, -0.1) is 0 Å². The number of hydrogen-bond acceptors (Lipinski definition) is 8. The largest absolute Gasteiger partial charge is 0.508 e. The van der Waals surface area contributed by atoms with Crippen LogP contribution in [-0.4, -0.2) is 45.9 Å². The number of hydrogen-bond donors (Lipinski definition) is 3. The summed E-state index contributed by atoms with van der Waals surface area (Å²) in [6.07, 6.45) is 1.27. The van der Waals surface area contributed by atoms with E-state index in [0.29, 0.717) is 50.2 Å². The highest BCUT2D eigenvalue weighted by atomic mass is 16.5. The number of carbonyl (C=O) groups excluding carboxylic acids is 1. The van der Waals surface area contributed by atoms with Gasteiger partial charge in [-0.2, -0.15) is 0 Å². The molecule has 1 aliphatic heterocycles. The number of rotatable bonds is 5. The summed E-state index contributed by atoms with van der Waals surface area (Å²) in [5.41, 5.74) is 0.649. The van der Waals surface area contributed by atoms with Crippen molar-refractivity contribution in [3.05, 3.63) is 52.2 Å². The smallest absolute Gasteiger partial charge is 0.309 e. The molecule has 1 aliphatic rings. The molecular formula is C24H25NO7. The van der Waals surface area contributed by atoms with Crippen molar-refractivity contribution in [2.24, 2.45) is 5.92 Å². The van der Waals surface area contributed by atoms with Gasteiger partial charge in [-0.25, -0.2) is 0 Å². The second-order valence-corrected chi connectivity index (χ2v) is 7.92. The standard InChI is InChI=1S/C24H25NO7/c1-2-31-24(30)15-7-9-25(10-8-15)13-17-18(27)11-19(28)22-20(29)12-21(32-23(17)22)14-3-5-16(26)6-4-14/h3-6,11-12,15,26-28H,2,7-10,13H2,1H3. The van der Waals surface area contributed by atoms with E-state index in [2.05, 4.69) is 4.90 Å². The molecule has 8 nitrogen and oxygen atoms in total. The number of phenolic OH excluding ortho intramolecular Hbond substituents is 3. The summed E-state index contributed by atoms with van der Waals surface area (Å²) in [6, 6.07) is 8.62. The molecule has 4 rings (SSSR count). The van der Waals surface area contributed by atoms with E-state index in [9.17, 15) is 24.9 Å². The van der Waals surface area contributed by atoms with Crippen LogP contribution in [0.4, 0.5) is 0 Å². The lowest BCUT2D eigenvalue weighted by Gasteiger charge is -2.31. The lowest BCUT2D eigenvalue weighted by atomic mass is 9.96. The van der Waals surface area contributed by atoms with E-state index >= 15 is 0 Å². The lowest BCUT2D eigenvalue weighted by molar-refractivity contribution is -0.149. The molecule has 1 saturated heterocycles. The van der Waals surface area contributed by atoms with Gasteiger partial charge in [0.15, 0.2) is 11.0 Å². The zero-order chi connectivity index (χ0) is 22.8. The third-order valence-electron chi connectivity index (χ3n) is 5.80. The molecule has 8 heteroatoms. The molecular weight excluding hydrogens is 414 g/mol. The number of phenols is 3. The first-order chi connectivity index (χ1) is 15.4. The van der Waals surface area contributed by atoms with Gasteiger partial charge in [0.05, 0.1) is 18.1 Å². The number of benzene rings is 2. The maximum atomic E-state index is 12.8. The Morgan fingerprint density at radius 1 is 1.09 bits per heavy atom. The third kappa shape index (κ3) is 4.27. The van der Waals surface area contributed by atoms with Crippen LogP contribution in [0.1, 0.15) is 25.3 Å².